The molecule has 2 aromatic rings. The Balaban J connectivity index is 2.37. The predicted molar refractivity (Wildman–Crippen MR) is 75.3 cm³/mol. The molecule has 2 rings (SSSR count). The van der Waals surface area contributed by atoms with Crippen LogP contribution in [0, 0.1) is 24.1 Å². The zero-order valence-electron chi connectivity index (χ0n) is 11.2. The molecule has 0 saturated carbocycles. The van der Waals surface area contributed by atoms with Gasteiger partial charge in [0.05, 0.1) is 5.69 Å². The number of nitrogens with zero attached hydrogens (tertiary/aromatic N) is 3. The third-order valence-electron chi connectivity index (χ3n) is 2.69. The minimum atomic E-state index is -0.559. The number of aryl methyl sites for hydroxylation is 1. The summed E-state index contributed by atoms with van der Waals surface area (Å²) in [7, 11) is 0. The third kappa shape index (κ3) is 2.83. The van der Waals surface area contributed by atoms with Gasteiger partial charge >= 0.3 is 0 Å². The number of hydrogen-bond donors (Lipinski definition) is 2. The first-order valence-corrected chi connectivity index (χ1v) is 6.18. The van der Waals surface area contributed by atoms with Gasteiger partial charge in [-0.25, -0.2) is 9.37 Å². The molecule has 102 valence electrons. The highest BCUT2D eigenvalue weighted by molar-refractivity contribution is 5.66. The van der Waals surface area contributed by atoms with Crippen LogP contribution < -0.4 is 10.6 Å². The molecule has 0 unspecified atom stereocenters. The summed E-state index contributed by atoms with van der Waals surface area (Å²) in [6, 6.07) is 6.27. The molecule has 0 amide bonds. The van der Waals surface area contributed by atoms with Gasteiger partial charge in [-0.15, -0.1) is 0 Å². The lowest BCUT2D eigenvalue weighted by Crippen LogP contribution is -2.06. The maximum Gasteiger partial charge on any atom is 0.224 e. The van der Waals surface area contributed by atoms with Gasteiger partial charge < -0.3 is 10.6 Å². The molecule has 1 aromatic heterocycles. The van der Waals surface area contributed by atoms with E-state index in [-0.39, 0.29) is 5.56 Å². The molecule has 6 heteroatoms. The van der Waals surface area contributed by atoms with Gasteiger partial charge in [0.15, 0.2) is 0 Å². The number of nitriles is 1. The molecule has 20 heavy (non-hydrogen) atoms. The van der Waals surface area contributed by atoms with Crippen molar-refractivity contribution < 1.29 is 4.39 Å². The fraction of sp³-hybridized carbons (Fsp3) is 0.214. The molecular weight excluding hydrogens is 257 g/mol. The number of aromatic nitrogens is 2. The normalized spacial score (nSPS) is 9.90. The molecule has 5 nitrogen and oxygen atoms in total. The monoisotopic (exact) mass is 271 g/mol. The van der Waals surface area contributed by atoms with Gasteiger partial charge in [0, 0.05) is 18.3 Å². The van der Waals surface area contributed by atoms with E-state index in [2.05, 4.69) is 20.6 Å². The SMILES string of the molecule is CCNc1ncc(C)c(Nc2cccc(F)c2C#N)n1. The maximum absolute atomic E-state index is 13.5. The van der Waals surface area contributed by atoms with E-state index in [1.54, 1.807) is 18.3 Å². The summed E-state index contributed by atoms with van der Waals surface area (Å²) in [4.78, 5) is 8.43. The molecule has 0 aliphatic rings. The fourth-order valence-electron chi connectivity index (χ4n) is 1.68. The lowest BCUT2D eigenvalue weighted by Gasteiger charge is -2.11. The quantitative estimate of drug-likeness (QED) is 0.894. The summed E-state index contributed by atoms with van der Waals surface area (Å²) in [5, 5.41) is 15.0. The van der Waals surface area contributed by atoms with Gasteiger partial charge in [-0.2, -0.15) is 10.2 Å². The van der Waals surface area contributed by atoms with Gasteiger partial charge in [0.1, 0.15) is 23.3 Å². The Morgan fingerprint density at radius 3 is 2.90 bits per heavy atom. The average molecular weight is 271 g/mol. The molecular formula is C14H14FN5. The van der Waals surface area contributed by atoms with Crippen molar-refractivity contribution in [3.05, 3.63) is 41.3 Å². The summed E-state index contributed by atoms with van der Waals surface area (Å²) < 4.78 is 13.5. The molecule has 0 saturated heterocycles. The molecule has 1 heterocycles. The van der Waals surface area contributed by atoms with Crippen molar-refractivity contribution in [2.45, 2.75) is 13.8 Å². The van der Waals surface area contributed by atoms with Crippen LogP contribution in [0.4, 0.5) is 21.8 Å². The van der Waals surface area contributed by atoms with Crippen LogP contribution in [-0.4, -0.2) is 16.5 Å². The Morgan fingerprint density at radius 1 is 1.40 bits per heavy atom. The number of hydrogen-bond acceptors (Lipinski definition) is 5. The van der Waals surface area contributed by atoms with Crippen molar-refractivity contribution in [3.8, 4) is 6.07 Å². The van der Waals surface area contributed by atoms with Crippen LogP contribution in [0.15, 0.2) is 24.4 Å². The van der Waals surface area contributed by atoms with E-state index in [1.807, 2.05) is 19.9 Å². The van der Waals surface area contributed by atoms with E-state index >= 15 is 0 Å². The minimum absolute atomic E-state index is 0.0319. The van der Waals surface area contributed by atoms with Crippen LogP contribution in [0.1, 0.15) is 18.1 Å². The van der Waals surface area contributed by atoms with Gasteiger partial charge in [0.2, 0.25) is 5.95 Å². The first-order chi connectivity index (χ1) is 9.65. The van der Waals surface area contributed by atoms with Crippen LogP contribution in [-0.2, 0) is 0 Å². The van der Waals surface area contributed by atoms with Crippen molar-refractivity contribution in [2.24, 2.45) is 0 Å². The van der Waals surface area contributed by atoms with E-state index in [9.17, 15) is 4.39 Å². The second kappa shape index (κ2) is 5.97. The smallest absolute Gasteiger partial charge is 0.224 e. The molecule has 0 radical (unpaired) electrons. The molecule has 0 spiro atoms. The summed E-state index contributed by atoms with van der Waals surface area (Å²) in [5.41, 5.74) is 1.16. The van der Waals surface area contributed by atoms with Crippen molar-refractivity contribution in [1.82, 2.24) is 9.97 Å². The van der Waals surface area contributed by atoms with E-state index < -0.39 is 5.82 Å². The van der Waals surface area contributed by atoms with Crippen molar-refractivity contribution in [2.75, 3.05) is 17.2 Å². The van der Waals surface area contributed by atoms with Gasteiger partial charge in [0.25, 0.3) is 0 Å². The summed E-state index contributed by atoms with van der Waals surface area (Å²) >= 11 is 0. The third-order valence-corrected chi connectivity index (χ3v) is 2.69. The molecule has 0 bridgehead atoms. The Bertz CT molecular complexity index is 663. The predicted octanol–water partition coefficient (Wildman–Crippen LogP) is 2.97. The summed E-state index contributed by atoms with van der Waals surface area (Å²) in [5.74, 6) is 0.463. The topological polar surface area (TPSA) is 73.6 Å². The number of nitrogens with one attached hydrogen (secondary N) is 2. The van der Waals surface area contributed by atoms with Crippen LogP contribution in [0.2, 0.25) is 0 Å². The van der Waals surface area contributed by atoms with Gasteiger partial charge in [-0.1, -0.05) is 6.07 Å². The molecule has 0 fully saturated rings. The van der Waals surface area contributed by atoms with Crippen molar-refractivity contribution >= 4 is 17.5 Å². The lowest BCUT2D eigenvalue weighted by molar-refractivity contribution is 0.624. The van der Waals surface area contributed by atoms with Crippen molar-refractivity contribution in [1.29, 1.82) is 5.26 Å². The maximum atomic E-state index is 13.5. The first-order valence-electron chi connectivity index (χ1n) is 6.18. The average Bonchev–Trinajstić information content (AvgIpc) is 2.43. The Kier molecular flexibility index (Phi) is 4.11. The van der Waals surface area contributed by atoms with Gasteiger partial charge in [-0.05, 0) is 26.0 Å². The lowest BCUT2D eigenvalue weighted by atomic mass is 10.2. The molecule has 0 aliphatic carbocycles. The Labute approximate surface area is 116 Å². The van der Waals surface area contributed by atoms with Crippen LogP contribution in [0.25, 0.3) is 0 Å². The van der Waals surface area contributed by atoms with E-state index in [1.165, 1.54) is 6.07 Å². The standard InChI is InChI=1S/C14H14FN5/c1-3-17-14-18-8-9(2)13(20-14)19-12-6-4-5-11(15)10(12)7-16/h4-6,8H,3H2,1-2H3,(H2,17,18,19,20). The zero-order chi connectivity index (χ0) is 14.5. The molecule has 1 aromatic carbocycles. The van der Waals surface area contributed by atoms with Crippen LogP contribution >= 0.6 is 0 Å². The highest BCUT2D eigenvalue weighted by Crippen LogP contribution is 2.23. The van der Waals surface area contributed by atoms with E-state index in [0.29, 0.717) is 24.0 Å². The molecule has 0 atom stereocenters. The zero-order valence-corrected chi connectivity index (χ0v) is 11.2. The van der Waals surface area contributed by atoms with Crippen LogP contribution in [0.3, 0.4) is 0 Å². The Morgan fingerprint density at radius 2 is 2.20 bits per heavy atom. The second-order valence-corrected chi connectivity index (χ2v) is 4.15. The van der Waals surface area contributed by atoms with E-state index in [4.69, 9.17) is 5.26 Å². The van der Waals surface area contributed by atoms with E-state index in [0.717, 1.165) is 5.56 Å². The first kappa shape index (κ1) is 13.7. The second-order valence-electron chi connectivity index (χ2n) is 4.15. The van der Waals surface area contributed by atoms with Crippen molar-refractivity contribution in [3.63, 3.8) is 0 Å². The number of rotatable bonds is 4. The molecule has 2 N–H and O–H groups in total. The van der Waals surface area contributed by atoms with Gasteiger partial charge in [-0.3, -0.25) is 0 Å². The minimum Gasteiger partial charge on any atom is -0.354 e. The highest BCUT2D eigenvalue weighted by atomic mass is 19.1. The fourth-order valence-corrected chi connectivity index (χ4v) is 1.68. The number of benzene rings is 1. The van der Waals surface area contributed by atoms with Crippen LogP contribution in [0.5, 0.6) is 0 Å². The number of anilines is 3. The number of halogens is 1. The highest BCUT2D eigenvalue weighted by Gasteiger charge is 2.10. The summed E-state index contributed by atoms with van der Waals surface area (Å²) in [6.45, 7) is 4.48. The molecule has 0 aliphatic heterocycles. The Hall–Kier alpha value is -2.68. The largest absolute Gasteiger partial charge is 0.354 e. The summed E-state index contributed by atoms with van der Waals surface area (Å²) in [6.07, 6.45) is 1.67.